The van der Waals surface area contributed by atoms with Crippen LogP contribution in [0.5, 0.6) is 0 Å². The molecule has 3 N–H and O–H groups in total. The number of nitrogens with two attached hydrogens (primary N) is 1. The fourth-order valence-corrected chi connectivity index (χ4v) is 1.10. The first-order valence-corrected chi connectivity index (χ1v) is 3.78. The zero-order valence-corrected chi connectivity index (χ0v) is 8.97. The van der Waals surface area contributed by atoms with Gasteiger partial charge in [-0.25, -0.2) is 4.21 Å². The average molecular weight is 180 g/mol. The summed E-state index contributed by atoms with van der Waals surface area (Å²) in [6.45, 7) is 0. The molecule has 1 aromatic carbocycles. The van der Waals surface area contributed by atoms with Gasteiger partial charge in [0, 0.05) is 29.6 Å². The van der Waals surface area contributed by atoms with Crippen LogP contribution in [0.4, 0.5) is 5.69 Å². The van der Waals surface area contributed by atoms with Crippen LogP contribution in [0.1, 0.15) is 0 Å². The molecule has 3 nitrogen and oxygen atoms in total. The molecule has 1 aromatic rings. The largest absolute Gasteiger partial charge is 0.398 e. The molecule has 0 aliphatic rings. The van der Waals surface area contributed by atoms with Crippen molar-refractivity contribution in [2.24, 2.45) is 0 Å². The minimum atomic E-state index is -1.97. The molecule has 5 heteroatoms. The Morgan fingerprint density at radius 2 is 1.91 bits per heavy atom. The number of rotatable bonds is 1. The molecule has 1 unspecified atom stereocenters. The Balaban J connectivity index is 0.000001000. The van der Waals surface area contributed by atoms with Gasteiger partial charge in [0.2, 0.25) is 0 Å². The van der Waals surface area contributed by atoms with Gasteiger partial charge in [0.15, 0.2) is 11.1 Å². The summed E-state index contributed by atoms with van der Waals surface area (Å²) >= 11 is -1.97. The van der Waals surface area contributed by atoms with Crippen LogP contribution in [0.15, 0.2) is 29.2 Å². The maximum Gasteiger partial charge on any atom is 0.188 e. The summed E-state index contributed by atoms with van der Waals surface area (Å²) in [7, 11) is 0. The Morgan fingerprint density at radius 3 is 2.27 bits per heavy atom. The minimum Gasteiger partial charge on any atom is -0.398 e. The number of hydrogen-bond donors (Lipinski definition) is 2. The molecule has 0 aromatic heterocycles. The zero-order chi connectivity index (χ0) is 7.56. The van der Waals surface area contributed by atoms with E-state index in [4.69, 9.17) is 10.3 Å². The van der Waals surface area contributed by atoms with Crippen LogP contribution in [0.2, 0.25) is 0 Å². The Kier molecular flexibility index (Phi) is 4.96. The van der Waals surface area contributed by atoms with Gasteiger partial charge in [-0.1, -0.05) is 12.1 Å². The van der Waals surface area contributed by atoms with Gasteiger partial charge >= 0.3 is 0 Å². The molecule has 1 rings (SSSR count). The summed E-state index contributed by atoms with van der Waals surface area (Å²) in [5.74, 6) is 0. The minimum absolute atomic E-state index is 0. The van der Waals surface area contributed by atoms with Gasteiger partial charge in [-0.05, 0) is 12.1 Å². The van der Waals surface area contributed by atoms with Crippen molar-refractivity contribution in [2.75, 3.05) is 5.73 Å². The van der Waals surface area contributed by atoms with Crippen LogP contribution in [-0.4, -0.2) is 38.3 Å². The van der Waals surface area contributed by atoms with E-state index in [1.54, 1.807) is 18.2 Å². The molecule has 0 saturated carbocycles. The number of nitrogen functional groups attached to an aromatic ring is 1. The first-order chi connectivity index (χ1) is 4.72. The van der Waals surface area contributed by atoms with E-state index < -0.39 is 11.1 Å². The number of hydrogen-bond acceptors (Lipinski definition) is 2. The molecule has 0 bridgehead atoms. The fraction of sp³-hybridized carbons (Fsp3) is 0. The van der Waals surface area contributed by atoms with Crippen molar-refractivity contribution < 1.29 is 8.76 Å². The number of para-hydroxylation sites is 1. The normalized spacial score (nSPS) is 11.7. The van der Waals surface area contributed by atoms with Gasteiger partial charge in [-0.2, -0.15) is 0 Å². The van der Waals surface area contributed by atoms with E-state index in [1.165, 1.54) is 6.07 Å². The molecular weight excluding hydrogens is 173 g/mol. The molecule has 0 aliphatic carbocycles. The molecule has 0 aliphatic heterocycles. The maximum atomic E-state index is 10.5. The summed E-state index contributed by atoms with van der Waals surface area (Å²) in [6, 6.07) is 6.49. The average Bonchev–Trinajstić information content (AvgIpc) is 1.88. The van der Waals surface area contributed by atoms with Gasteiger partial charge in [-0.15, -0.1) is 0 Å². The molecule has 1 radical (unpaired) electrons. The molecule has 0 saturated heterocycles. The fourth-order valence-electron chi connectivity index (χ4n) is 0.640. The smallest absolute Gasteiger partial charge is 0.188 e. The van der Waals surface area contributed by atoms with Gasteiger partial charge in [-0.3, -0.25) is 0 Å². The van der Waals surface area contributed by atoms with Crippen molar-refractivity contribution >= 4 is 46.3 Å². The van der Waals surface area contributed by atoms with E-state index in [-0.39, 0.29) is 34.5 Å². The molecule has 0 fully saturated rings. The zero-order valence-electron chi connectivity index (χ0n) is 6.15. The third-order valence-corrected chi connectivity index (χ3v) is 1.86. The molecule has 0 amide bonds. The Morgan fingerprint density at radius 1 is 1.36 bits per heavy atom. The summed E-state index contributed by atoms with van der Waals surface area (Å²) in [4.78, 5) is 0.266. The molecule has 0 spiro atoms. The molecule has 11 heavy (non-hydrogen) atoms. The molecule has 55 valence electrons. The van der Waals surface area contributed by atoms with Crippen LogP contribution in [0, 0.1) is 0 Å². The van der Waals surface area contributed by atoms with E-state index in [0.29, 0.717) is 5.69 Å². The second kappa shape index (κ2) is 4.90. The van der Waals surface area contributed by atoms with Crippen LogP contribution >= 0.6 is 0 Å². The summed E-state index contributed by atoms with van der Waals surface area (Å²) in [6.07, 6.45) is 0. The van der Waals surface area contributed by atoms with Crippen molar-refractivity contribution in [3.05, 3.63) is 24.3 Å². The molecule has 0 heterocycles. The molecular formula is C6H7NNaO2S. The monoisotopic (exact) mass is 180 g/mol. The van der Waals surface area contributed by atoms with E-state index >= 15 is 0 Å². The van der Waals surface area contributed by atoms with E-state index in [9.17, 15) is 4.21 Å². The van der Waals surface area contributed by atoms with E-state index in [1.807, 2.05) is 0 Å². The van der Waals surface area contributed by atoms with Crippen molar-refractivity contribution in [1.82, 2.24) is 0 Å². The number of benzene rings is 1. The Hall–Kier alpha value is 0.130. The predicted octanol–water partition coefficient (Wildman–Crippen LogP) is 0.469. The van der Waals surface area contributed by atoms with Gasteiger partial charge in [0.05, 0.1) is 10.6 Å². The Bertz CT molecular complexity index is 267. The van der Waals surface area contributed by atoms with E-state index in [2.05, 4.69) is 0 Å². The second-order valence-corrected chi connectivity index (χ2v) is 2.73. The van der Waals surface area contributed by atoms with Crippen LogP contribution in [0.25, 0.3) is 0 Å². The maximum absolute atomic E-state index is 10.5. The Labute approximate surface area is 89.6 Å². The molecule has 1 atom stereocenters. The summed E-state index contributed by atoms with van der Waals surface area (Å²) < 4.78 is 19.0. The van der Waals surface area contributed by atoms with Crippen LogP contribution in [0.3, 0.4) is 0 Å². The van der Waals surface area contributed by atoms with Crippen molar-refractivity contribution in [3.63, 3.8) is 0 Å². The van der Waals surface area contributed by atoms with Crippen LogP contribution < -0.4 is 5.73 Å². The number of anilines is 1. The SMILES string of the molecule is Nc1ccccc1S(=O)O.[Na]. The first kappa shape index (κ1) is 11.1. The van der Waals surface area contributed by atoms with Gasteiger partial charge in [0.1, 0.15) is 0 Å². The van der Waals surface area contributed by atoms with Gasteiger partial charge in [0.25, 0.3) is 0 Å². The quantitative estimate of drug-likeness (QED) is 0.375. The summed E-state index contributed by atoms with van der Waals surface area (Å²) in [5, 5.41) is 0. The first-order valence-electron chi connectivity index (χ1n) is 2.67. The third-order valence-electron chi connectivity index (χ3n) is 1.11. The summed E-state index contributed by atoms with van der Waals surface area (Å²) in [5.41, 5.74) is 5.72. The van der Waals surface area contributed by atoms with Crippen molar-refractivity contribution in [3.8, 4) is 0 Å². The van der Waals surface area contributed by atoms with Crippen molar-refractivity contribution in [1.29, 1.82) is 0 Å². The predicted molar refractivity (Wildman–Crippen MR) is 45.6 cm³/mol. The second-order valence-electron chi connectivity index (χ2n) is 1.79. The van der Waals surface area contributed by atoms with Crippen LogP contribution in [-0.2, 0) is 11.1 Å². The van der Waals surface area contributed by atoms with Gasteiger partial charge < -0.3 is 10.3 Å². The van der Waals surface area contributed by atoms with Crippen molar-refractivity contribution in [2.45, 2.75) is 4.90 Å². The topological polar surface area (TPSA) is 63.3 Å². The third kappa shape index (κ3) is 2.92. The van der Waals surface area contributed by atoms with E-state index in [0.717, 1.165) is 0 Å². The standard InChI is InChI=1S/C6H7NO2S.Na/c7-5-3-1-2-4-6(5)10(8)9;/h1-4H,7H2,(H,8,9);.